The van der Waals surface area contributed by atoms with Gasteiger partial charge < -0.3 is 14.8 Å². The molecule has 0 radical (unpaired) electrons. The Labute approximate surface area is 154 Å². The standard InChI is InChI=1S/C19H16N2O4S/c1-24-18(23)16-5-3-2-4-15(16)17(22)21-12-13-6-8-14(9-7-13)25-19-20-10-11-26-19/h2-11H,12H2,1H3,(H,21,22). The number of benzene rings is 2. The molecule has 0 aliphatic rings. The maximum Gasteiger partial charge on any atom is 0.338 e. The lowest BCUT2D eigenvalue weighted by Gasteiger charge is -2.09. The van der Waals surface area contributed by atoms with Crippen LogP contribution in [-0.4, -0.2) is 24.0 Å². The lowest BCUT2D eigenvalue weighted by molar-refractivity contribution is 0.0596. The summed E-state index contributed by atoms with van der Waals surface area (Å²) in [6, 6.07) is 13.9. The lowest BCUT2D eigenvalue weighted by Crippen LogP contribution is -2.25. The third-order valence-corrected chi connectivity index (χ3v) is 4.22. The van der Waals surface area contributed by atoms with Gasteiger partial charge in [-0.05, 0) is 29.8 Å². The van der Waals surface area contributed by atoms with Crippen LogP contribution in [0.25, 0.3) is 0 Å². The van der Waals surface area contributed by atoms with E-state index in [4.69, 9.17) is 9.47 Å². The van der Waals surface area contributed by atoms with Crippen molar-refractivity contribution in [2.45, 2.75) is 6.54 Å². The van der Waals surface area contributed by atoms with Gasteiger partial charge >= 0.3 is 5.97 Å². The van der Waals surface area contributed by atoms with Crippen molar-refractivity contribution in [3.63, 3.8) is 0 Å². The first-order valence-electron chi connectivity index (χ1n) is 7.79. The van der Waals surface area contributed by atoms with E-state index in [0.29, 0.717) is 17.5 Å². The molecule has 1 amide bonds. The summed E-state index contributed by atoms with van der Waals surface area (Å²) in [6.07, 6.45) is 1.68. The van der Waals surface area contributed by atoms with E-state index in [9.17, 15) is 9.59 Å². The van der Waals surface area contributed by atoms with Crippen molar-refractivity contribution in [1.29, 1.82) is 0 Å². The predicted octanol–water partition coefficient (Wildman–Crippen LogP) is 3.65. The van der Waals surface area contributed by atoms with Crippen LogP contribution < -0.4 is 10.1 Å². The molecule has 3 rings (SSSR count). The molecule has 0 unspecified atom stereocenters. The number of methoxy groups -OCH3 is 1. The molecule has 1 heterocycles. The van der Waals surface area contributed by atoms with E-state index in [-0.39, 0.29) is 17.0 Å². The molecule has 1 aromatic heterocycles. The van der Waals surface area contributed by atoms with Gasteiger partial charge in [0.15, 0.2) is 0 Å². The van der Waals surface area contributed by atoms with Crippen LogP contribution in [0, 0.1) is 0 Å². The van der Waals surface area contributed by atoms with Crippen LogP contribution in [0.15, 0.2) is 60.1 Å². The molecule has 0 aliphatic carbocycles. The average molecular weight is 368 g/mol. The number of aromatic nitrogens is 1. The molecule has 6 nitrogen and oxygen atoms in total. The van der Waals surface area contributed by atoms with E-state index < -0.39 is 5.97 Å². The molecule has 0 saturated heterocycles. The predicted molar refractivity (Wildman–Crippen MR) is 97.6 cm³/mol. The number of thiazole rings is 1. The van der Waals surface area contributed by atoms with E-state index in [0.717, 1.165) is 5.56 Å². The van der Waals surface area contributed by atoms with Crippen molar-refractivity contribution in [2.75, 3.05) is 7.11 Å². The first kappa shape index (κ1) is 17.6. The third kappa shape index (κ3) is 4.25. The molecule has 0 bridgehead atoms. The van der Waals surface area contributed by atoms with Gasteiger partial charge in [-0.3, -0.25) is 4.79 Å². The number of carbonyl (C=O) groups is 2. The fourth-order valence-electron chi connectivity index (χ4n) is 2.28. The number of rotatable bonds is 6. The highest BCUT2D eigenvalue weighted by Gasteiger charge is 2.16. The molecule has 26 heavy (non-hydrogen) atoms. The van der Waals surface area contributed by atoms with Gasteiger partial charge in [-0.2, -0.15) is 0 Å². The van der Waals surface area contributed by atoms with Gasteiger partial charge in [0.2, 0.25) is 0 Å². The SMILES string of the molecule is COC(=O)c1ccccc1C(=O)NCc1ccc(Oc2nccs2)cc1. The molecule has 0 saturated carbocycles. The smallest absolute Gasteiger partial charge is 0.338 e. The van der Waals surface area contributed by atoms with E-state index in [1.54, 1.807) is 30.5 Å². The second kappa shape index (κ2) is 8.26. The van der Waals surface area contributed by atoms with E-state index in [1.165, 1.54) is 18.4 Å². The van der Waals surface area contributed by atoms with Gasteiger partial charge in [-0.15, -0.1) is 0 Å². The summed E-state index contributed by atoms with van der Waals surface area (Å²) >= 11 is 1.41. The molecule has 3 aromatic rings. The number of ether oxygens (including phenoxy) is 2. The van der Waals surface area contributed by atoms with Crippen molar-refractivity contribution >= 4 is 23.2 Å². The van der Waals surface area contributed by atoms with Gasteiger partial charge in [0.25, 0.3) is 11.1 Å². The van der Waals surface area contributed by atoms with Gasteiger partial charge in [-0.25, -0.2) is 9.78 Å². The van der Waals surface area contributed by atoms with Crippen LogP contribution in [0.2, 0.25) is 0 Å². The Kier molecular flexibility index (Phi) is 5.60. The van der Waals surface area contributed by atoms with Crippen LogP contribution in [-0.2, 0) is 11.3 Å². The zero-order chi connectivity index (χ0) is 18.4. The zero-order valence-electron chi connectivity index (χ0n) is 14.0. The highest BCUT2D eigenvalue weighted by molar-refractivity contribution is 7.11. The van der Waals surface area contributed by atoms with Crippen LogP contribution in [0.1, 0.15) is 26.3 Å². The topological polar surface area (TPSA) is 77.5 Å². The molecular weight excluding hydrogens is 352 g/mol. The highest BCUT2D eigenvalue weighted by Crippen LogP contribution is 2.23. The average Bonchev–Trinajstić information content (AvgIpc) is 3.19. The van der Waals surface area contributed by atoms with Gasteiger partial charge in [0.1, 0.15) is 5.75 Å². The van der Waals surface area contributed by atoms with Gasteiger partial charge in [0, 0.05) is 18.1 Å². The number of amides is 1. The van der Waals surface area contributed by atoms with Crippen molar-refractivity contribution in [3.8, 4) is 10.9 Å². The summed E-state index contributed by atoms with van der Waals surface area (Å²) in [4.78, 5) is 28.2. The van der Waals surface area contributed by atoms with Crippen molar-refractivity contribution in [2.24, 2.45) is 0 Å². The number of hydrogen-bond acceptors (Lipinski definition) is 6. The molecule has 7 heteroatoms. The quantitative estimate of drug-likeness (QED) is 0.672. The maximum absolute atomic E-state index is 12.4. The molecular formula is C19H16N2O4S. The summed E-state index contributed by atoms with van der Waals surface area (Å²) in [5.74, 6) is -0.209. The maximum atomic E-state index is 12.4. The molecule has 0 atom stereocenters. The Morgan fingerprint density at radius 3 is 2.46 bits per heavy atom. The van der Waals surface area contributed by atoms with Crippen LogP contribution in [0.4, 0.5) is 0 Å². The summed E-state index contributed by atoms with van der Waals surface area (Å²) in [7, 11) is 1.28. The minimum Gasteiger partial charge on any atom is -0.465 e. The Hall–Kier alpha value is -3.19. The number of hydrogen-bond donors (Lipinski definition) is 1. The van der Waals surface area contributed by atoms with Crippen molar-refractivity contribution in [3.05, 3.63) is 76.8 Å². The number of carbonyl (C=O) groups excluding carboxylic acids is 2. The minimum atomic E-state index is -0.542. The van der Waals surface area contributed by atoms with Crippen LogP contribution in [0.5, 0.6) is 10.9 Å². The largest absolute Gasteiger partial charge is 0.465 e. The normalized spacial score (nSPS) is 10.2. The summed E-state index contributed by atoms with van der Waals surface area (Å²) < 4.78 is 10.3. The zero-order valence-corrected chi connectivity index (χ0v) is 14.8. The Morgan fingerprint density at radius 1 is 1.08 bits per heavy atom. The van der Waals surface area contributed by atoms with Gasteiger partial charge in [0.05, 0.1) is 18.2 Å². The molecule has 0 fully saturated rings. The Bertz CT molecular complexity index is 892. The van der Waals surface area contributed by atoms with E-state index in [2.05, 4.69) is 10.3 Å². The van der Waals surface area contributed by atoms with Crippen LogP contribution in [0.3, 0.4) is 0 Å². The highest BCUT2D eigenvalue weighted by atomic mass is 32.1. The summed E-state index contributed by atoms with van der Waals surface area (Å²) in [5, 5.41) is 5.22. The van der Waals surface area contributed by atoms with Crippen LogP contribution >= 0.6 is 11.3 Å². The Morgan fingerprint density at radius 2 is 1.81 bits per heavy atom. The fraction of sp³-hybridized carbons (Fsp3) is 0.105. The van der Waals surface area contributed by atoms with Crippen molar-refractivity contribution < 1.29 is 19.1 Å². The molecule has 0 spiro atoms. The molecule has 132 valence electrons. The third-order valence-electron chi connectivity index (χ3n) is 3.57. The molecule has 0 aliphatic heterocycles. The summed E-state index contributed by atoms with van der Waals surface area (Å²) in [5.41, 5.74) is 1.42. The first-order valence-corrected chi connectivity index (χ1v) is 8.67. The number of nitrogens with zero attached hydrogens (tertiary/aromatic N) is 1. The van der Waals surface area contributed by atoms with Gasteiger partial charge in [-0.1, -0.05) is 35.6 Å². The minimum absolute atomic E-state index is 0.236. The van der Waals surface area contributed by atoms with Crippen molar-refractivity contribution in [1.82, 2.24) is 10.3 Å². The van der Waals surface area contributed by atoms with E-state index in [1.807, 2.05) is 29.6 Å². The van der Waals surface area contributed by atoms with E-state index >= 15 is 0 Å². The lowest BCUT2D eigenvalue weighted by atomic mass is 10.1. The fourth-order valence-corrected chi connectivity index (χ4v) is 2.79. The molecule has 1 N–H and O–H groups in total. The number of nitrogens with one attached hydrogen (secondary N) is 1. The second-order valence-electron chi connectivity index (χ2n) is 5.26. The Balaban J connectivity index is 1.62. The first-order chi connectivity index (χ1) is 12.7. The summed E-state index contributed by atoms with van der Waals surface area (Å²) in [6.45, 7) is 0.325. The second-order valence-corrected chi connectivity index (χ2v) is 6.12. The number of esters is 1. The monoisotopic (exact) mass is 368 g/mol. The molecule has 2 aromatic carbocycles.